The van der Waals surface area contributed by atoms with Crippen LogP contribution < -0.4 is 20.8 Å². The van der Waals surface area contributed by atoms with E-state index < -0.39 is 5.97 Å². The molecule has 0 aliphatic carbocycles. The zero-order valence-corrected chi connectivity index (χ0v) is 18.6. The fraction of sp³-hybridized carbons (Fsp3) is 0.250. The number of carboxylic acid groups (broad SMARTS) is 1. The third kappa shape index (κ3) is 5.07. The highest BCUT2D eigenvalue weighted by atomic mass is 16.5. The van der Waals surface area contributed by atoms with E-state index in [1.54, 1.807) is 0 Å². The van der Waals surface area contributed by atoms with E-state index in [1.807, 2.05) is 43.3 Å². The SMILES string of the molecule is CCOc1cc(-c2cc(CCC(=O)O)cc(OCCN)c2)ccc1-c1nc2nc[nH]c2c(=O)[nH]1. The molecule has 5 N–H and O–H groups in total. The molecule has 4 aromatic rings. The molecule has 0 radical (unpaired) electrons. The summed E-state index contributed by atoms with van der Waals surface area (Å²) in [6, 6.07) is 11.2. The number of hydrogen-bond donors (Lipinski definition) is 4. The summed E-state index contributed by atoms with van der Waals surface area (Å²) in [5.74, 6) is 0.633. The summed E-state index contributed by atoms with van der Waals surface area (Å²) >= 11 is 0. The molecule has 176 valence electrons. The number of H-pyrrole nitrogens is 2. The molecule has 2 aromatic heterocycles. The molecule has 34 heavy (non-hydrogen) atoms. The molecule has 10 nitrogen and oxygen atoms in total. The Balaban J connectivity index is 1.77. The quantitative estimate of drug-likeness (QED) is 0.280. The molecule has 2 heterocycles. The van der Waals surface area contributed by atoms with Gasteiger partial charge in [-0.3, -0.25) is 9.59 Å². The zero-order chi connectivity index (χ0) is 24.1. The van der Waals surface area contributed by atoms with Gasteiger partial charge in [0.2, 0.25) is 0 Å². The molecule has 0 atom stereocenters. The lowest BCUT2D eigenvalue weighted by molar-refractivity contribution is -0.136. The number of hydrogen-bond acceptors (Lipinski definition) is 7. The molecule has 0 aliphatic rings. The molecule has 0 spiro atoms. The number of ether oxygens (including phenoxy) is 2. The Bertz CT molecular complexity index is 1380. The summed E-state index contributed by atoms with van der Waals surface area (Å²) < 4.78 is 11.6. The van der Waals surface area contributed by atoms with Crippen molar-refractivity contribution in [2.24, 2.45) is 5.73 Å². The van der Waals surface area contributed by atoms with Crippen molar-refractivity contribution in [3.8, 4) is 34.0 Å². The Hall–Kier alpha value is -4.18. The van der Waals surface area contributed by atoms with Crippen LogP contribution in [0.1, 0.15) is 18.9 Å². The molecule has 2 aromatic carbocycles. The van der Waals surface area contributed by atoms with Crippen LogP contribution in [-0.4, -0.2) is 50.8 Å². The van der Waals surface area contributed by atoms with Gasteiger partial charge < -0.3 is 30.3 Å². The molecule has 0 amide bonds. The highest BCUT2D eigenvalue weighted by Crippen LogP contribution is 2.34. The number of aliphatic carboxylic acids is 1. The van der Waals surface area contributed by atoms with Crippen LogP contribution in [0.25, 0.3) is 33.7 Å². The van der Waals surface area contributed by atoms with E-state index in [9.17, 15) is 9.59 Å². The van der Waals surface area contributed by atoms with Crippen LogP contribution in [0.2, 0.25) is 0 Å². The van der Waals surface area contributed by atoms with Crippen LogP contribution in [0, 0.1) is 0 Å². The second-order valence-electron chi connectivity index (χ2n) is 7.56. The average Bonchev–Trinajstić information content (AvgIpc) is 3.31. The van der Waals surface area contributed by atoms with E-state index in [0.717, 1.165) is 16.7 Å². The second kappa shape index (κ2) is 10.2. The zero-order valence-electron chi connectivity index (χ0n) is 18.6. The highest BCUT2D eigenvalue weighted by Gasteiger charge is 2.15. The van der Waals surface area contributed by atoms with Crippen molar-refractivity contribution in [1.82, 2.24) is 19.9 Å². The second-order valence-corrected chi connectivity index (χ2v) is 7.56. The first-order valence-electron chi connectivity index (χ1n) is 10.9. The van der Waals surface area contributed by atoms with Crippen LogP contribution in [0.15, 0.2) is 47.5 Å². The maximum Gasteiger partial charge on any atom is 0.303 e. The largest absolute Gasteiger partial charge is 0.493 e. The van der Waals surface area contributed by atoms with Gasteiger partial charge in [-0.05, 0) is 54.3 Å². The van der Waals surface area contributed by atoms with Gasteiger partial charge in [0.15, 0.2) is 11.2 Å². The standard InChI is InChI=1S/C24H25N5O5/c1-2-33-19-12-15(4-5-18(19)22-28-23-21(24(32)29-22)26-13-27-23)16-9-14(3-6-20(30)31)10-17(11-16)34-8-7-25/h4-5,9-13H,2-3,6-8,25H2,1H3,(H,30,31)(H2,26,27,28,29,32). The van der Waals surface area contributed by atoms with Gasteiger partial charge in [-0.25, -0.2) is 9.97 Å². The molecular weight excluding hydrogens is 438 g/mol. The van der Waals surface area contributed by atoms with Crippen molar-refractivity contribution in [3.63, 3.8) is 0 Å². The maximum atomic E-state index is 12.4. The molecule has 0 unspecified atom stereocenters. The van der Waals surface area contributed by atoms with E-state index >= 15 is 0 Å². The number of aromatic nitrogens is 4. The van der Waals surface area contributed by atoms with Crippen molar-refractivity contribution in [1.29, 1.82) is 0 Å². The topological polar surface area (TPSA) is 156 Å². The number of benzene rings is 2. The van der Waals surface area contributed by atoms with Crippen LogP contribution in [-0.2, 0) is 11.2 Å². The van der Waals surface area contributed by atoms with Crippen molar-refractivity contribution >= 4 is 17.1 Å². The lowest BCUT2D eigenvalue weighted by Crippen LogP contribution is -2.11. The first-order valence-corrected chi connectivity index (χ1v) is 10.9. The Labute approximate surface area is 194 Å². The number of nitrogens with one attached hydrogen (secondary N) is 2. The lowest BCUT2D eigenvalue weighted by Gasteiger charge is -2.14. The van der Waals surface area contributed by atoms with Crippen LogP contribution >= 0.6 is 0 Å². The van der Waals surface area contributed by atoms with Gasteiger partial charge in [0, 0.05) is 13.0 Å². The van der Waals surface area contributed by atoms with Crippen LogP contribution in [0.5, 0.6) is 11.5 Å². The predicted molar refractivity (Wildman–Crippen MR) is 127 cm³/mol. The summed E-state index contributed by atoms with van der Waals surface area (Å²) in [5.41, 5.74) is 9.01. The molecule has 4 rings (SSSR count). The van der Waals surface area contributed by atoms with Crippen LogP contribution in [0.3, 0.4) is 0 Å². The number of nitrogens with zero attached hydrogens (tertiary/aromatic N) is 2. The number of carbonyl (C=O) groups is 1. The summed E-state index contributed by atoms with van der Waals surface area (Å²) in [7, 11) is 0. The molecule has 0 saturated heterocycles. The van der Waals surface area contributed by atoms with E-state index in [1.165, 1.54) is 6.33 Å². The molecule has 0 fully saturated rings. The minimum absolute atomic E-state index is 0.0115. The smallest absolute Gasteiger partial charge is 0.303 e. The molecular formula is C24H25N5O5. The minimum atomic E-state index is -0.867. The molecule has 0 aliphatic heterocycles. The Morgan fingerprint density at radius 3 is 2.76 bits per heavy atom. The monoisotopic (exact) mass is 463 g/mol. The van der Waals surface area contributed by atoms with E-state index in [4.69, 9.17) is 20.3 Å². The highest BCUT2D eigenvalue weighted by molar-refractivity contribution is 5.77. The number of aromatic amines is 2. The fourth-order valence-corrected chi connectivity index (χ4v) is 3.63. The summed E-state index contributed by atoms with van der Waals surface area (Å²) in [4.78, 5) is 37.5. The lowest BCUT2D eigenvalue weighted by atomic mass is 9.98. The van der Waals surface area contributed by atoms with Gasteiger partial charge >= 0.3 is 5.97 Å². The summed E-state index contributed by atoms with van der Waals surface area (Å²) in [5, 5.41) is 9.08. The average molecular weight is 463 g/mol. The number of aryl methyl sites for hydroxylation is 1. The Morgan fingerprint density at radius 1 is 1.15 bits per heavy atom. The van der Waals surface area contributed by atoms with Gasteiger partial charge in [-0.15, -0.1) is 0 Å². The van der Waals surface area contributed by atoms with Gasteiger partial charge in [0.1, 0.15) is 23.9 Å². The van der Waals surface area contributed by atoms with Crippen molar-refractivity contribution in [2.75, 3.05) is 19.8 Å². The number of nitrogens with two attached hydrogens (primary N) is 1. The third-order valence-corrected chi connectivity index (χ3v) is 5.15. The normalized spacial score (nSPS) is 11.0. The first-order chi connectivity index (χ1) is 16.5. The summed E-state index contributed by atoms with van der Waals surface area (Å²) in [6.07, 6.45) is 1.80. The Morgan fingerprint density at radius 2 is 2.00 bits per heavy atom. The number of fused-ring (bicyclic) bond motifs is 1. The molecule has 10 heteroatoms. The number of rotatable bonds is 10. The number of carboxylic acids is 1. The van der Waals surface area contributed by atoms with Gasteiger partial charge in [0.25, 0.3) is 5.56 Å². The first kappa shape index (κ1) is 23.0. The van der Waals surface area contributed by atoms with Gasteiger partial charge in [-0.2, -0.15) is 0 Å². The van der Waals surface area contributed by atoms with Gasteiger partial charge in [-0.1, -0.05) is 12.1 Å². The van der Waals surface area contributed by atoms with Crippen molar-refractivity contribution in [2.45, 2.75) is 19.8 Å². The predicted octanol–water partition coefficient (Wildman–Crippen LogP) is 2.73. The van der Waals surface area contributed by atoms with Crippen molar-refractivity contribution < 1.29 is 19.4 Å². The van der Waals surface area contributed by atoms with Crippen LogP contribution in [0.4, 0.5) is 0 Å². The number of imidazole rings is 1. The minimum Gasteiger partial charge on any atom is -0.493 e. The third-order valence-electron chi connectivity index (χ3n) is 5.15. The van der Waals surface area contributed by atoms with E-state index in [-0.39, 0.29) is 12.0 Å². The van der Waals surface area contributed by atoms with E-state index in [2.05, 4.69) is 19.9 Å². The van der Waals surface area contributed by atoms with Crippen molar-refractivity contribution in [3.05, 3.63) is 58.6 Å². The van der Waals surface area contributed by atoms with Gasteiger partial charge in [0.05, 0.1) is 18.5 Å². The Kier molecular flexibility index (Phi) is 6.88. The molecule has 0 bridgehead atoms. The fourth-order valence-electron chi connectivity index (χ4n) is 3.63. The summed E-state index contributed by atoms with van der Waals surface area (Å²) in [6.45, 7) is 2.99. The maximum absolute atomic E-state index is 12.4. The van der Waals surface area contributed by atoms with E-state index in [0.29, 0.717) is 60.2 Å². The molecule has 0 saturated carbocycles.